The Labute approximate surface area is 172 Å². The molecule has 0 spiro atoms. The van der Waals surface area contributed by atoms with Gasteiger partial charge in [-0.15, -0.1) is 10.2 Å². The van der Waals surface area contributed by atoms with E-state index in [4.69, 9.17) is 13.9 Å². The van der Waals surface area contributed by atoms with Crippen molar-refractivity contribution < 1.29 is 18.7 Å². The van der Waals surface area contributed by atoms with Crippen LogP contribution in [0.5, 0.6) is 11.5 Å². The lowest BCUT2D eigenvalue weighted by atomic mass is 10.1. The highest BCUT2D eigenvalue weighted by Crippen LogP contribution is 2.37. The fraction of sp³-hybridized carbons (Fsp3) is 0.286. The van der Waals surface area contributed by atoms with Crippen LogP contribution in [0.2, 0.25) is 0 Å². The summed E-state index contributed by atoms with van der Waals surface area (Å²) in [6.07, 6.45) is 2.06. The number of carbonyl (C=O) groups excluding carboxylic acids is 1. The summed E-state index contributed by atoms with van der Waals surface area (Å²) in [6.45, 7) is 0. The van der Waals surface area contributed by atoms with Gasteiger partial charge in [0, 0.05) is 17.7 Å². The quantitative estimate of drug-likeness (QED) is 0.563. The predicted molar refractivity (Wildman–Crippen MR) is 109 cm³/mol. The second kappa shape index (κ2) is 8.57. The van der Waals surface area contributed by atoms with Crippen LogP contribution in [0.4, 0.5) is 0 Å². The Morgan fingerprint density at radius 2 is 1.79 bits per heavy atom. The second-order valence-electron chi connectivity index (χ2n) is 6.67. The molecule has 0 saturated heterocycles. The maximum atomic E-state index is 12.8. The van der Waals surface area contributed by atoms with Crippen molar-refractivity contribution in [1.29, 1.82) is 0 Å². The summed E-state index contributed by atoms with van der Waals surface area (Å²) in [5, 5.41) is 11.2. The van der Waals surface area contributed by atoms with Crippen molar-refractivity contribution in [1.82, 2.24) is 15.5 Å². The summed E-state index contributed by atoms with van der Waals surface area (Å²) in [6, 6.07) is 15.2. The second-order valence-corrected chi connectivity index (χ2v) is 7.72. The third-order valence-electron chi connectivity index (χ3n) is 4.49. The zero-order chi connectivity index (χ0) is 20.2. The van der Waals surface area contributed by atoms with Crippen LogP contribution in [0.3, 0.4) is 0 Å². The standard InChI is InChI=1S/C21H21N3O4S/c1-26-16-10-14(11-17(12-16)27-2)20-23-24-21(28-20)29-18(13-6-4-3-5-7-13)19(25)22-15-8-9-15/h3-7,10-12,15,18H,8-9H2,1-2H3,(H,22,25)/t18-/m1/s1. The van der Waals surface area contributed by atoms with Crippen molar-refractivity contribution in [2.45, 2.75) is 29.4 Å². The largest absolute Gasteiger partial charge is 0.497 e. The molecule has 8 heteroatoms. The molecule has 0 unspecified atom stereocenters. The maximum Gasteiger partial charge on any atom is 0.277 e. The number of ether oxygens (including phenoxy) is 2. The lowest BCUT2D eigenvalue weighted by molar-refractivity contribution is -0.120. The average molecular weight is 411 g/mol. The normalized spacial score (nSPS) is 14.3. The Bertz CT molecular complexity index is 966. The summed E-state index contributed by atoms with van der Waals surface area (Å²) < 4.78 is 16.4. The number of nitrogens with one attached hydrogen (secondary N) is 1. The molecule has 1 N–H and O–H groups in total. The Hall–Kier alpha value is -3.00. The topological polar surface area (TPSA) is 86.5 Å². The summed E-state index contributed by atoms with van der Waals surface area (Å²) >= 11 is 1.24. The van der Waals surface area contributed by atoms with Gasteiger partial charge in [0.2, 0.25) is 11.8 Å². The van der Waals surface area contributed by atoms with E-state index < -0.39 is 5.25 Å². The zero-order valence-corrected chi connectivity index (χ0v) is 16.9. The minimum absolute atomic E-state index is 0.0495. The van der Waals surface area contributed by atoms with E-state index in [0.29, 0.717) is 28.2 Å². The molecule has 7 nitrogen and oxygen atoms in total. The molecule has 150 valence electrons. The average Bonchev–Trinajstić information content (AvgIpc) is 3.45. The number of amides is 1. The van der Waals surface area contributed by atoms with Crippen LogP contribution in [-0.2, 0) is 4.79 Å². The van der Waals surface area contributed by atoms with Crippen molar-refractivity contribution in [3.05, 3.63) is 54.1 Å². The van der Waals surface area contributed by atoms with Gasteiger partial charge < -0.3 is 19.2 Å². The fourth-order valence-electron chi connectivity index (χ4n) is 2.81. The first-order valence-electron chi connectivity index (χ1n) is 9.25. The first-order chi connectivity index (χ1) is 14.2. The van der Waals surface area contributed by atoms with E-state index in [1.54, 1.807) is 32.4 Å². The molecule has 4 rings (SSSR count). The minimum Gasteiger partial charge on any atom is -0.497 e. The van der Waals surface area contributed by atoms with Crippen molar-refractivity contribution >= 4 is 17.7 Å². The first kappa shape index (κ1) is 19.3. The van der Waals surface area contributed by atoms with Gasteiger partial charge in [-0.3, -0.25) is 4.79 Å². The molecule has 0 bridgehead atoms. The molecule has 1 atom stereocenters. The highest BCUT2D eigenvalue weighted by molar-refractivity contribution is 8.00. The van der Waals surface area contributed by atoms with Crippen LogP contribution < -0.4 is 14.8 Å². The third kappa shape index (κ3) is 4.71. The monoisotopic (exact) mass is 411 g/mol. The number of rotatable bonds is 8. The van der Waals surface area contributed by atoms with Crippen molar-refractivity contribution in [3.8, 4) is 23.0 Å². The highest BCUT2D eigenvalue weighted by Gasteiger charge is 2.30. The smallest absolute Gasteiger partial charge is 0.277 e. The summed E-state index contributed by atoms with van der Waals surface area (Å²) in [7, 11) is 3.16. The van der Waals surface area contributed by atoms with Gasteiger partial charge in [-0.1, -0.05) is 30.3 Å². The van der Waals surface area contributed by atoms with Crippen molar-refractivity contribution in [2.24, 2.45) is 0 Å². The molecule has 0 radical (unpaired) electrons. The van der Waals surface area contributed by atoms with Crippen LogP contribution in [0.25, 0.3) is 11.5 Å². The van der Waals surface area contributed by atoms with E-state index in [9.17, 15) is 4.79 Å². The molecule has 29 heavy (non-hydrogen) atoms. The molecule has 1 aromatic heterocycles. The van der Waals surface area contributed by atoms with Crippen molar-refractivity contribution in [3.63, 3.8) is 0 Å². The van der Waals surface area contributed by atoms with Gasteiger partial charge in [-0.2, -0.15) is 0 Å². The Morgan fingerprint density at radius 1 is 1.10 bits per heavy atom. The van der Waals surface area contributed by atoms with Gasteiger partial charge in [0.05, 0.1) is 14.2 Å². The van der Waals surface area contributed by atoms with Gasteiger partial charge in [0.1, 0.15) is 16.7 Å². The molecular formula is C21H21N3O4S. The number of hydrogen-bond acceptors (Lipinski definition) is 7. The van der Waals surface area contributed by atoms with Gasteiger partial charge >= 0.3 is 0 Å². The van der Waals surface area contributed by atoms with Gasteiger partial charge in [-0.05, 0) is 42.3 Å². The van der Waals surface area contributed by atoms with Gasteiger partial charge in [0.15, 0.2) is 0 Å². The Kier molecular flexibility index (Phi) is 5.71. The molecule has 0 aliphatic heterocycles. The van der Waals surface area contributed by atoms with Crippen LogP contribution in [0.1, 0.15) is 23.7 Å². The fourth-order valence-corrected chi connectivity index (χ4v) is 3.70. The molecule has 3 aromatic rings. The van der Waals surface area contributed by atoms with Crippen LogP contribution in [0, 0.1) is 0 Å². The number of hydrogen-bond donors (Lipinski definition) is 1. The number of aromatic nitrogens is 2. The number of thioether (sulfide) groups is 1. The molecule has 1 aliphatic rings. The van der Waals surface area contributed by atoms with E-state index >= 15 is 0 Å². The van der Waals surface area contributed by atoms with Gasteiger partial charge in [0.25, 0.3) is 5.22 Å². The number of methoxy groups -OCH3 is 2. The van der Waals surface area contributed by atoms with Crippen LogP contribution in [0.15, 0.2) is 58.2 Å². The molecular weight excluding hydrogens is 390 g/mol. The Morgan fingerprint density at radius 3 is 2.41 bits per heavy atom. The van der Waals surface area contributed by atoms with Gasteiger partial charge in [-0.25, -0.2) is 0 Å². The predicted octanol–water partition coefficient (Wildman–Crippen LogP) is 3.87. The SMILES string of the molecule is COc1cc(OC)cc(-c2nnc(S[C@@H](C(=O)NC3CC3)c3ccccc3)o2)c1. The summed E-state index contributed by atoms with van der Waals surface area (Å²) in [5.41, 5.74) is 1.57. The minimum atomic E-state index is -0.468. The number of benzene rings is 2. The zero-order valence-electron chi connectivity index (χ0n) is 16.1. The van der Waals surface area contributed by atoms with E-state index in [0.717, 1.165) is 18.4 Å². The summed E-state index contributed by atoms with van der Waals surface area (Å²) in [4.78, 5) is 12.8. The Balaban J connectivity index is 1.58. The van der Waals surface area contributed by atoms with E-state index in [1.165, 1.54) is 11.8 Å². The van der Waals surface area contributed by atoms with E-state index in [1.807, 2.05) is 30.3 Å². The van der Waals surface area contributed by atoms with Crippen molar-refractivity contribution in [2.75, 3.05) is 14.2 Å². The molecule has 1 amide bonds. The highest BCUT2D eigenvalue weighted by atomic mass is 32.2. The molecule has 1 fully saturated rings. The third-order valence-corrected chi connectivity index (χ3v) is 5.58. The van der Waals surface area contributed by atoms with E-state index in [2.05, 4.69) is 15.5 Å². The number of nitrogens with zero attached hydrogens (tertiary/aromatic N) is 2. The lowest BCUT2D eigenvalue weighted by Gasteiger charge is -2.14. The lowest BCUT2D eigenvalue weighted by Crippen LogP contribution is -2.29. The van der Waals surface area contributed by atoms with E-state index in [-0.39, 0.29) is 11.9 Å². The molecule has 1 aliphatic carbocycles. The first-order valence-corrected chi connectivity index (χ1v) is 10.1. The molecule has 1 heterocycles. The number of carbonyl (C=O) groups is 1. The van der Waals surface area contributed by atoms with Crippen LogP contribution in [-0.4, -0.2) is 36.4 Å². The molecule has 1 saturated carbocycles. The van der Waals surface area contributed by atoms with Crippen LogP contribution >= 0.6 is 11.8 Å². The summed E-state index contributed by atoms with van der Waals surface area (Å²) in [5.74, 6) is 1.53. The maximum absolute atomic E-state index is 12.8. The molecule has 2 aromatic carbocycles.